The van der Waals surface area contributed by atoms with E-state index in [-0.39, 0.29) is 0 Å². The first-order valence-electron chi connectivity index (χ1n) is 7.31. The minimum atomic E-state index is 0.344. The van der Waals surface area contributed by atoms with Crippen molar-refractivity contribution in [2.45, 2.75) is 63.5 Å². The number of hydrogen-bond donors (Lipinski definition) is 1. The molecule has 0 atom stereocenters. The Morgan fingerprint density at radius 1 is 1.24 bits per heavy atom. The van der Waals surface area contributed by atoms with Crippen LogP contribution in [0.15, 0.2) is 12.7 Å². The normalized spacial score (nSPS) is 27.4. The van der Waals surface area contributed by atoms with Gasteiger partial charge < -0.3 is 5.32 Å². The molecule has 2 fully saturated rings. The zero-order valence-electron chi connectivity index (χ0n) is 11.6. The fraction of sp³-hybridized carbons (Fsp3) is 0.867. The van der Waals surface area contributed by atoms with Crippen LogP contribution >= 0.6 is 0 Å². The van der Waals surface area contributed by atoms with E-state index in [1.165, 1.54) is 51.6 Å². The first-order chi connectivity index (χ1) is 8.20. The fourth-order valence-corrected chi connectivity index (χ4v) is 3.72. The Balaban J connectivity index is 2.15. The lowest BCUT2D eigenvalue weighted by Gasteiger charge is -2.53. The van der Waals surface area contributed by atoms with Gasteiger partial charge in [0.15, 0.2) is 0 Å². The van der Waals surface area contributed by atoms with Crippen LogP contribution in [-0.4, -0.2) is 35.6 Å². The number of nitrogens with one attached hydrogen (secondary N) is 1. The molecule has 1 heterocycles. The number of rotatable bonds is 4. The van der Waals surface area contributed by atoms with Gasteiger partial charge >= 0.3 is 0 Å². The summed E-state index contributed by atoms with van der Waals surface area (Å²) in [5.41, 5.74) is 0.791. The Morgan fingerprint density at radius 2 is 1.88 bits per heavy atom. The molecule has 17 heavy (non-hydrogen) atoms. The van der Waals surface area contributed by atoms with Crippen molar-refractivity contribution in [1.82, 2.24) is 10.2 Å². The lowest BCUT2D eigenvalue weighted by molar-refractivity contribution is 0.0134. The summed E-state index contributed by atoms with van der Waals surface area (Å²) in [4.78, 5) is 2.72. The van der Waals surface area contributed by atoms with Crippen molar-refractivity contribution in [3.8, 4) is 0 Å². The molecule has 98 valence electrons. The van der Waals surface area contributed by atoms with Gasteiger partial charge in [0.1, 0.15) is 0 Å². The van der Waals surface area contributed by atoms with Gasteiger partial charge in [0.25, 0.3) is 0 Å². The van der Waals surface area contributed by atoms with E-state index in [1.807, 2.05) is 0 Å². The van der Waals surface area contributed by atoms with E-state index in [0.717, 1.165) is 6.54 Å². The van der Waals surface area contributed by atoms with Gasteiger partial charge in [-0.3, -0.25) is 4.90 Å². The SMILES string of the molecule is C=CCN1CC(CC)(CC)NCC12CCCC2. The van der Waals surface area contributed by atoms with Gasteiger partial charge in [0, 0.05) is 30.7 Å². The minimum Gasteiger partial charge on any atom is -0.308 e. The van der Waals surface area contributed by atoms with Crippen molar-refractivity contribution in [2.24, 2.45) is 0 Å². The first-order valence-corrected chi connectivity index (χ1v) is 7.31. The number of hydrogen-bond acceptors (Lipinski definition) is 2. The molecule has 1 saturated heterocycles. The van der Waals surface area contributed by atoms with Crippen LogP contribution in [-0.2, 0) is 0 Å². The zero-order valence-corrected chi connectivity index (χ0v) is 11.6. The summed E-state index contributed by atoms with van der Waals surface area (Å²) in [6.45, 7) is 12.0. The van der Waals surface area contributed by atoms with Crippen LogP contribution < -0.4 is 5.32 Å². The third kappa shape index (κ3) is 2.30. The second kappa shape index (κ2) is 5.11. The number of piperazine rings is 1. The fourth-order valence-electron chi connectivity index (χ4n) is 3.72. The standard InChI is InChI=1S/C15H28N2/c1-4-11-17-13-14(5-2,6-3)16-12-15(17)9-7-8-10-15/h4,16H,1,5-13H2,2-3H3. The molecular weight excluding hydrogens is 208 g/mol. The monoisotopic (exact) mass is 236 g/mol. The molecule has 2 nitrogen and oxygen atoms in total. The Kier molecular flexibility index (Phi) is 3.94. The molecule has 0 amide bonds. The van der Waals surface area contributed by atoms with E-state index in [4.69, 9.17) is 0 Å². The van der Waals surface area contributed by atoms with E-state index in [2.05, 4.69) is 36.7 Å². The summed E-state index contributed by atoms with van der Waals surface area (Å²) in [7, 11) is 0. The van der Waals surface area contributed by atoms with E-state index < -0.39 is 0 Å². The van der Waals surface area contributed by atoms with Gasteiger partial charge in [-0.15, -0.1) is 6.58 Å². The molecule has 0 aromatic heterocycles. The summed E-state index contributed by atoms with van der Waals surface area (Å²) in [6.07, 6.45) is 10.1. The van der Waals surface area contributed by atoms with Gasteiger partial charge in [-0.2, -0.15) is 0 Å². The second-order valence-corrected chi connectivity index (χ2v) is 5.94. The predicted octanol–water partition coefficient (Wildman–Crippen LogP) is 2.95. The molecule has 1 spiro atoms. The Bertz CT molecular complexity index is 262. The van der Waals surface area contributed by atoms with Gasteiger partial charge in [0.05, 0.1) is 0 Å². The predicted molar refractivity (Wildman–Crippen MR) is 74.3 cm³/mol. The molecule has 1 aliphatic heterocycles. The average Bonchev–Trinajstić information content (AvgIpc) is 2.83. The van der Waals surface area contributed by atoms with Crippen LogP contribution in [0.3, 0.4) is 0 Å². The molecule has 1 saturated carbocycles. The smallest absolute Gasteiger partial charge is 0.0338 e. The van der Waals surface area contributed by atoms with Gasteiger partial charge in [-0.1, -0.05) is 32.8 Å². The molecule has 1 aliphatic carbocycles. The highest BCUT2D eigenvalue weighted by molar-refractivity contribution is 5.07. The molecular formula is C15H28N2. The molecule has 0 aromatic rings. The quantitative estimate of drug-likeness (QED) is 0.755. The maximum atomic E-state index is 3.95. The zero-order chi connectivity index (χ0) is 12.4. The van der Waals surface area contributed by atoms with Crippen molar-refractivity contribution in [3.63, 3.8) is 0 Å². The van der Waals surface area contributed by atoms with E-state index >= 15 is 0 Å². The minimum absolute atomic E-state index is 0.344. The molecule has 0 aromatic carbocycles. The second-order valence-electron chi connectivity index (χ2n) is 5.94. The largest absolute Gasteiger partial charge is 0.308 e. The van der Waals surface area contributed by atoms with Crippen LogP contribution in [0, 0.1) is 0 Å². The molecule has 2 heteroatoms. The Morgan fingerprint density at radius 3 is 2.41 bits per heavy atom. The van der Waals surface area contributed by atoms with Crippen LogP contribution in [0.1, 0.15) is 52.4 Å². The average molecular weight is 236 g/mol. The summed E-state index contributed by atoms with van der Waals surface area (Å²) in [6, 6.07) is 0. The van der Waals surface area contributed by atoms with E-state index in [9.17, 15) is 0 Å². The third-order valence-corrected chi connectivity index (χ3v) is 5.19. The summed E-state index contributed by atoms with van der Waals surface area (Å²) < 4.78 is 0. The van der Waals surface area contributed by atoms with Crippen LogP contribution in [0.4, 0.5) is 0 Å². The highest BCUT2D eigenvalue weighted by Crippen LogP contribution is 2.39. The summed E-state index contributed by atoms with van der Waals surface area (Å²) in [5.74, 6) is 0. The Labute approximate surface area is 106 Å². The third-order valence-electron chi connectivity index (χ3n) is 5.19. The van der Waals surface area contributed by atoms with Gasteiger partial charge in [-0.25, -0.2) is 0 Å². The summed E-state index contributed by atoms with van der Waals surface area (Å²) >= 11 is 0. The lowest BCUT2D eigenvalue weighted by atomic mass is 9.82. The maximum absolute atomic E-state index is 3.95. The summed E-state index contributed by atoms with van der Waals surface area (Å²) in [5, 5.41) is 3.88. The van der Waals surface area contributed by atoms with Crippen LogP contribution in [0.5, 0.6) is 0 Å². The highest BCUT2D eigenvalue weighted by Gasteiger charge is 2.46. The van der Waals surface area contributed by atoms with Gasteiger partial charge in [-0.05, 0) is 25.7 Å². The van der Waals surface area contributed by atoms with E-state index in [0.29, 0.717) is 11.1 Å². The molecule has 0 unspecified atom stereocenters. The van der Waals surface area contributed by atoms with Crippen molar-refractivity contribution in [3.05, 3.63) is 12.7 Å². The number of nitrogens with zero attached hydrogens (tertiary/aromatic N) is 1. The van der Waals surface area contributed by atoms with Crippen molar-refractivity contribution >= 4 is 0 Å². The first kappa shape index (κ1) is 13.1. The van der Waals surface area contributed by atoms with Crippen molar-refractivity contribution in [1.29, 1.82) is 0 Å². The van der Waals surface area contributed by atoms with Crippen molar-refractivity contribution < 1.29 is 0 Å². The lowest BCUT2D eigenvalue weighted by Crippen LogP contribution is -2.68. The van der Waals surface area contributed by atoms with Crippen LogP contribution in [0.25, 0.3) is 0 Å². The highest BCUT2D eigenvalue weighted by atomic mass is 15.3. The Hall–Kier alpha value is -0.340. The van der Waals surface area contributed by atoms with E-state index in [1.54, 1.807) is 0 Å². The van der Waals surface area contributed by atoms with Gasteiger partial charge in [0.2, 0.25) is 0 Å². The molecule has 2 rings (SSSR count). The molecule has 1 N–H and O–H groups in total. The maximum Gasteiger partial charge on any atom is 0.0338 e. The molecule has 0 bridgehead atoms. The van der Waals surface area contributed by atoms with Crippen molar-refractivity contribution in [2.75, 3.05) is 19.6 Å². The topological polar surface area (TPSA) is 15.3 Å². The molecule has 0 radical (unpaired) electrons. The van der Waals surface area contributed by atoms with Crippen LogP contribution in [0.2, 0.25) is 0 Å². The molecule has 2 aliphatic rings.